The van der Waals surface area contributed by atoms with Crippen molar-refractivity contribution in [2.45, 2.75) is 51.4 Å². The van der Waals surface area contributed by atoms with E-state index < -0.39 is 11.9 Å². The van der Waals surface area contributed by atoms with Gasteiger partial charge in [0.1, 0.15) is 0 Å². The number of hydrogen-bond donors (Lipinski definition) is 0. The van der Waals surface area contributed by atoms with E-state index in [1.807, 2.05) is 0 Å². The van der Waals surface area contributed by atoms with Crippen molar-refractivity contribution in [3.05, 3.63) is 12.1 Å². The number of rotatable bonds is 8. The summed E-state index contributed by atoms with van der Waals surface area (Å²) in [5.41, 5.74) is 0. The van der Waals surface area contributed by atoms with Gasteiger partial charge >= 0.3 is 11.9 Å². The van der Waals surface area contributed by atoms with E-state index in [2.05, 4.69) is 0 Å². The highest BCUT2D eigenvalue weighted by Gasteiger charge is 2.31. The molecule has 0 unspecified atom stereocenters. The molecule has 2 saturated carbocycles. The number of carbonyl (C=O) groups is 4. The van der Waals surface area contributed by atoms with Crippen LogP contribution >= 0.6 is 0 Å². The van der Waals surface area contributed by atoms with Gasteiger partial charge in [-0.3, -0.25) is 19.2 Å². The Bertz CT molecular complexity index is 745. The second-order valence-electron chi connectivity index (χ2n) is 6.95. The largest absolute Gasteiger partial charge is 0.425 e. The highest BCUT2D eigenvalue weighted by molar-refractivity contribution is 5.81. The fraction of sp³-hybridized carbons (Fsp3) is 0.500. The van der Waals surface area contributed by atoms with Crippen LogP contribution in [0.3, 0.4) is 0 Å². The molecule has 0 aliphatic heterocycles. The molecule has 8 nitrogen and oxygen atoms in total. The summed E-state index contributed by atoms with van der Waals surface area (Å²) in [6.07, 6.45) is 6.63. The summed E-state index contributed by atoms with van der Waals surface area (Å²) in [6.45, 7) is 0.266. The summed E-state index contributed by atoms with van der Waals surface area (Å²) < 4.78 is 20.6. The monoisotopic (exact) mass is 390 g/mol. The predicted molar refractivity (Wildman–Crippen MR) is 95.0 cm³/mol. The van der Waals surface area contributed by atoms with Gasteiger partial charge in [-0.1, -0.05) is 25.7 Å². The second-order valence-corrected chi connectivity index (χ2v) is 6.95. The van der Waals surface area contributed by atoms with Crippen LogP contribution in [0.4, 0.5) is 0 Å². The van der Waals surface area contributed by atoms with Crippen LogP contribution in [0.25, 0.3) is 0 Å². The van der Waals surface area contributed by atoms with Gasteiger partial charge < -0.3 is 18.9 Å². The van der Waals surface area contributed by atoms with Crippen molar-refractivity contribution in [3.8, 4) is 23.0 Å². The maximum atomic E-state index is 12.5. The molecule has 2 aliphatic carbocycles. The second kappa shape index (κ2) is 9.34. The Hall–Kier alpha value is -2.90. The minimum Gasteiger partial charge on any atom is -0.425 e. The topological polar surface area (TPSA) is 105 Å². The van der Waals surface area contributed by atoms with Crippen molar-refractivity contribution in [3.63, 3.8) is 0 Å². The van der Waals surface area contributed by atoms with Gasteiger partial charge in [0.2, 0.25) is 11.5 Å². The number of ether oxygens (including phenoxy) is 4. The molecule has 0 saturated heterocycles. The van der Waals surface area contributed by atoms with E-state index in [1.165, 1.54) is 12.1 Å². The Morgan fingerprint density at radius 2 is 1.21 bits per heavy atom. The number of esters is 2. The number of carbonyl (C=O) groups excluding carboxylic acids is 4. The van der Waals surface area contributed by atoms with E-state index >= 15 is 0 Å². The molecule has 2 fully saturated rings. The molecule has 28 heavy (non-hydrogen) atoms. The molecule has 0 aromatic heterocycles. The summed E-state index contributed by atoms with van der Waals surface area (Å²) in [6, 6.07) is 2.65. The van der Waals surface area contributed by atoms with Gasteiger partial charge in [-0.2, -0.15) is 0 Å². The lowest BCUT2D eigenvalue weighted by atomic mass is 10.1. The van der Waals surface area contributed by atoms with Crippen LogP contribution < -0.4 is 18.9 Å². The maximum absolute atomic E-state index is 12.5. The summed E-state index contributed by atoms with van der Waals surface area (Å²) in [4.78, 5) is 46.7. The first-order valence-corrected chi connectivity index (χ1v) is 9.45. The van der Waals surface area contributed by atoms with Crippen molar-refractivity contribution < 1.29 is 38.1 Å². The molecule has 0 amide bonds. The van der Waals surface area contributed by atoms with Gasteiger partial charge in [-0.05, 0) is 37.8 Å². The molecule has 0 bridgehead atoms. The van der Waals surface area contributed by atoms with Crippen molar-refractivity contribution in [2.24, 2.45) is 11.8 Å². The third-order valence-corrected chi connectivity index (χ3v) is 5.17. The van der Waals surface area contributed by atoms with Crippen molar-refractivity contribution >= 4 is 24.9 Å². The lowest BCUT2D eigenvalue weighted by Gasteiger charge is -2.17. The molecule has 2 aliphatic rings. The zero-order chi connectivity index (χ0) is 19.9. The molecule has 0 atom stereocenters. The first-order valence-electron chi connectivity index (χ1n) is 9.45. The first-order chi connectivity index (χ1) is 13.6. The Balaban J connectivity index is 1.92. The summed E-state index contributed by atoms with van der Waals surface area (Å²) in [5, 5.41) is 0. The van der Waals surface area contributed by atoms with Crippen LogP contribution in [-0.2, 0) is 19.2 Å². The normalized spacial score (nSPS) is 17.1. The van der Waals surface area contributed by atoms with Gasteiger partial charge in [0.05, 0.1) is 11.8 Å². The van der Waals surface area contributed by atoms with E-state index in [1.54, 1.807) is 0 Å². The Labute approximate surface area is 162 Å². The fourth-order valence-electron chi connectivity index (χ4n) is 3.71. The zero-order valence-corrected chi connectivity index (χ0v) is 15.4. The number of benzene rings is 1. The molecule has 1 aromatic carbocycles. The van der Waals surface area contributed by atoms with Crippen LogP contribution in [0.15, 0.2) is 12.1 Å². The maximum Gasteiger partial charge on any atom is 0.314 e. The van der Waals surface area contributed by atoms with Crippen LogP contribution in [0, 0.1) is 11.8 Å². The van der Waals surface area contributed by atoms with Crippen molar-refractivity contribution in [2.75, 3.05) is 0 Å². The molecule has 3 rings (SSSR count). The van der Waals surface area contributed by atoms with Crippen molar-refractivity contribution in [1.29, 1.82) is 0 Å². The Kier molecular flexibility index (Phi) is 6.62. The molecular formula is C20H22O8. The smallest absolute Gasteiger partial charge is 0.314 e. The van der Waals surface area contributed by atoms with Crippen LogP contribution in [0.2, 0.25) is 0 Å². The average molecular weight is 390 g/mol. The molecule has 150 valence electrons. The summed E-state index contributed by atoms with van der Waals surface area (Å²) in [7, 11) is 0. The van der Waals surface area contributed by atoms with E-state index in [-0.39, 0.29) is 47.8 Å². The molecule has 0 heterocycles. The highest BCUT2D eigenvalue weighted by atomic mass is 16.6. The molecule has 8 heteroatoms. The lowest BCUT2D eigenvalue weighted by Crippen LogP contribution is -2.21. The van der Waals surface area contributed by atoms with Gasteiger partial charge in [-0.15, -0.1) is 0 Å². The lowest BCUT2D eigenvalue weighted by molar-refractivity contribution is -0.141. The average Bonchev–Trinajstić information content (AvgIpc) is 3.39. The van der Waals surface area contributed by atoms with E-state index in [0.717, 1.165) is 38.5 Å². The zero-order valence-electron chi connectivity index (χ0n) is 15.4. The van der Waals surface area contributed by atoms with Crippen LogP contribution in [-0.4, -0.2) is 24.9 Å². The highest BCUT2D eigenvalue weighted by Crippen LogP contribution is 2.45. The minimum atomic E-state index is -0.505. The SMILES string of the molecule is O=COc1ccc(OC(=O)C2CCCC2)c(OC(=O)C2CCCC2)c1OC=O. The van der Waals surface area contributed by atoms with E-state index in [9.17, 15) is 19.2 Å². The molecule has 0 N–H and O–H groups in total. The number of hydrogen-bond acceptors (Lipinski definition) is 8. The first kappa shape index (κ1) is 19.9. The van der Waals surface area contributed by atoms with Crippen molar-refractivity contribution in [1.82, 2.24) is 0 Å². The quantitative estimate of drug-likeness (QED) is 0.379. The van der Waals surface area contributed by atoms with Crippen LogP contribution in [0.1, 0.15) is 51.4 Å². The molecule has 0 radical (unpaired) electrons. The van der Waals surface area contributed by atoms with E-state index in [4.69, 9.17) is 18.9 Å². The molecule has 0 spiro atoms. The third-order valence-electron chi connectivity index (χ3n) is 5.17. The summed E-state index contributed by atoms with van der Waals surface area (Å²) in [5.74, 6) is -2.15. The van der Waals surface area contributed by atoms with Gasteiger partial charge in [0.25, 0.3) is 12.9 Å². The van der Waals surface area contributed by atoms with Gasteiger partial charge in [0, 0.05) is 0 Å². The predicted octanol–water partition coefficient (Wildman–Crippen LogP) is 2.95. The summed E-state index contributed by atoms with van der Waals surface area (Å²) >= 11 is 0. The molecule has 1 aromatic rings. The molecular weight excluding hydrogens is 368 g/mol. The standard InChI is InChI=1S/C20H22O8/c21-11-25-15-9-10-16(27-19(23)13-5-1-2-6-13)18(17(15)26-12-22)28-20(24)14-7-3-4-8-14/h9-14H,1-8H2. The van der Waals surface area contributed by atoms with Crippen LogP contribution in [0.5, 0.6) is 23.0 Å². The fourth-order valence-corrected chi connectivity index (χ4v) is 3.71. The third kappa shape index (κ3) is 4.49. The van der Waals surface area contributed by atoms with Gasteiger partial charge in [0.15, 0.2) is 11.5 Å². The Morgan fingerprint density at radius 1 is 0.714 bits per heavy atom. The van der Waals surface area contributed by atoms with E-state index in [0.29, 0.717) is 12.8 Å². The Morgan fingerprint density at radius 3 is 1.75 bits per heavy atom. The van der Waals surface area contributed by atoms with Gasteiger partial charge in [-0.25, -0.2) is 0 Å². The minimum absolute atomic E-state index is 0.0571.